The van der Waals surface area contributed by atoms with E-state index in [1.165, 1.54) is 16.4 Å². The monoisotopic (exact) mass is 438 g/mol. The minimum absolute atomic E-state index is 0.0333. The largest absolute Gasteiger partial charge is 0.379 e. The fourth-order valence-electron chi connectivity index (χ4n) is 3.85. The molecule has 29 heavy (non-hydrogen) atoms. The number of amides is 1. The third kappa shape index (κ3) is 4.37. The van der Waals surface area contributed by atoms with Crippen molar-refractivity contribution >= 4 is 27.3 Å². The molecule has 0 aliphatic carbocycles. The van der Waals surface area contributed by atoms with E-state index >= 15 is 0 Å². The van der Waals surface area contributed by atoms with E-state index in [1.54, 1.807) is 24.3 Å². The van der Waals surface area contributed by atoms with Crippen molar-refractivity contribution in [3.63, 3.8) is 0 Å². The molecular formula is C20H23FN2O4S2. The molecule has 0 N–H and O–H groups in total. The van der Waals surface area contributed by atoms with Crippen LogP contribution in [0.3, 0.4) is 0 Å². The second-order valence-corrected chi connectivity index (χ2v) is 10.5. The fourth-order valence-corrected chi connectivity index (χ4v) is 6.76. The molecule has 2 saturated heterocycles. The van der Waals surface area contributed by atoms with Crippen LogP contribution >= 0.6 is 11.3 Å². The van der Waals surface area contributed by atoms with E-state index in [0.29, 0.717) is 32.8 Å². The first-order valence-electron chi connectivity index (χ1n) is 9.67. The van der Waals surface area contributed by atoms with Crippen molar-refractivity contribution in [1.82, 2.24) is 9.21 Å². The highest BCUT2D eigenvalue weighted by Gasteiger charge is 2.31. The molecule has 156 valence electrons. The molecule has 0 bridgehead atoms. The summed E-state index contributed by atoms with van der Waals surface area (Å²) in [6.07, 6.45) is 1.91. The fraction of sp³-hybridized carbons (Fsp3) is 0.450. The molecule has 3 heterocycles. The van der Waals surface area contributed by atoms with Gasteiger partial charge in [0.25, 0.3) is 10.0 Å². The van der Waals surface area contributed by atoms with E-state index in [4.69, 9.17) is 4.74 Å². The number of nitrogens with zero attached hydrogens (tertiary/aromatic N) is 2. The molecule has 0 radical (unpaired) electrons. The van der Waals surface area contributed by atoms with Gasteiger partial charge in [0.05, 0.1) is 25.7 Å². The van der Waals surface area contributed by atoms with Gasteiger partial charge in [0, 0.05) is 24.5 Å². The van der Waals surface area contributed by atoms with Crippen molar-refractivity contribution in [2.75, 3.05) is 32.8 Å². The molecule has 0 saturated carbocycles. The lowest BCUT2D eigenvalue weighted by Gasteiger charge is -2.25. The van der Waals surface area contributed by atoms with Crippen molar-refractivity contribution in [2.45, 2.75) is 29.5 Å². The molecule has 2 aliphatic heterocycles. The summed E-state index contributed by atoms with van der Waals surface area (Å²) >= 11 is 1.15. The van der Waals surface area contributed by atoms with Crippen LogP contribution in [0.15, 0.2) is 40.6 Å². The normalized spacial score (nSPS) is 20.9. The number of rotatable bonds is 5. The van der Waals surface area contributed by atoms with Crippen LogP contribution in [-0.4, -0.2) is 56.4 Å². The minimum atomic E-state index is -3.54. The van der Waals surface area contributed by atoms with Gasteiger partial charge < -0.3 is 9.64 Å². The van der Waals surface area contributed by atoms with Crippen LogP contribution in [0.2, 0.25) is 0 Å². The number of sulfonamides is 1. The zero-order valence-corrected chi connectivity index (χ0v) is 17.6. The summed E-state index contributed by atoms with van der Waals surface area (Å²) in [5.74, 6) is -0.328. The SMILES string of the molecule is O=C(Cc1ccc(S(=O)(=O)N2CCOCC2)s1)N1CCC[C@H]1c1ccc(F)cc1. The Hall–Kier alpha value is -1.81. The first-order chi connectivity index (χ1) is 13.9. The highest BCUT2D eigenvalue weighted by atomic mass is 32.2. The number of benzene rings is 1. The minimum Gasteiger partial charge on any atom is -0.379 e. The van der Waals surface area contributed by atoms with Crippen LogP contribution in [-0.2, 0) is 26.0 Å². The summed E-state index contributed by atoms with van der Waals surface area (Å²) in [5, 5.41) is 0. The second-order valence-electron chi connectivity index (χ2n) is 7.21. The Bertz CT molecular complexity index is 969. The summed E-state index contributed by atoms with van der Waals surface area (Å²) in [6, 6.07) is 9.53. The van der Waals surface area contributed by atoms with Crippen LogP contribution in [0, 0.1) is 5.82 Å². The van der Waals surface area contributed by atoms with Crippen LogP contribution in [0.5, 0.6) is 0 Å². The van der Waals surface area contributed by atoms with Crippen molar-refractivity contribution in [2.24, 2.45) is 0 Å². The smallest absolute Gasteiger partial charge is 0.252 e. The van der Waals surface area contributed by atoms with E-state index < -0.39 is 10.0 Å². The van der Waals surface area contributed by atoms with Crippen LogP contribution in [0.4, 0.5) is 4.39 Å². The number of thiophene rings is 1. The average Bonchev–Trinajstić information content (AvgIpc) is 3.39. The average molecular weight is 439 g/mol. The van der Waals surface area contributed by atoms with Gasteiger partial charge in [-0.05, 0) is 42.7 Å². The highest BCUT2D eigenvalue weighted by molar-refractivity contribution is 7.91. The van der Waals surface area contributed by atoms with Gasteiger partial charge in [-0.2, -0.15) is 4.31 Å². The number of ether oxygens (including phenoxy) is 1. The quantitative estimate of drug-likeness (QED) is 0.720. The van der Waals surface area contributed by atoms with E-state index in [2.05, 4.69) is 0 Å². The lowest BCUT2D eigenvalue weighted by atomic mass is 10.0. The first kappa shape index (κ1) is 20.5. The highest BCUT2D eigenvalue weighted by Crippen LogP contribution is 2.33. The van der Waals surface area contributed by atoms with Crippen LogP contribution in [0.25, 0.3) is 0 Å². The van der Waals surface area contributed by atoms with E-state index in [0.717, 1.165) is 34.6 Å². The number of hydrogen-bond acceptors (Lipinski definition) is 5. The molecule has 0 unspecified atom stereocenters. The van der Waals surface area contributed by atoms with Crippen molar-refractivity contribution in [1.29, 1.82) is 0 Å². The Morgan fingerprint density at radius 3 is 2.55 bits per heavy atom. The Kier molecular flexibility index (Phi) is 6.00. The lowest BCUT2D eigenvalue weighted by molar-refractivity contribution is -0.131. The van der Waals surface area contributed by atoms with Gasteiger partial charge >= 0.3 is 0 Å². The maximum absolute atomic E-state index is 13.2. The molecule has 2 aromatic rings. The number of morpholine rings is 1. The van der Waals surface area contributed by atoms with Gasteiger partial charge in [-0.15, -0.1) is 11.3 Å². The Balaban J connectivity index is 1.45. The van der Waals surface area contributed by atoms with Gasteiger partial charge in [-0.25, -0.2) is 12.8 Å². The summed E-state index contributed by atoms with van der Waals surface area (Å²) in [7, 11) is -3.54. The molecule has 1 atom stereocenters. The van der Waals surface area contributed by atoms with Gasteiger partial charge in [0.1, 0.15) is 10.0 Å². The molecule has 2 fully saturated rings. The molecule has 4 rings (SSSR count). The Labute approximate surface area is 173 Å². The number of carbonyl (C=O) groups excluding carboxylic acids is 1. The summed E-state index contributed by atoms with van der Waals surface area (Å²) in [6.45, 7) is 2.15. The summed E-state index contributed by atoms with van der Waals surface area (Å²) < 4.78 is 45.7. The van der Waals surface area contributed by atoms with E-state index in [9.17, 15) is 17.6 Å². The van der Waals surface area contributed by atoms with Crippen molar-refractivity contribution in [3.8, 4) is 0 Å². The van der Waals surface area contributed by atoms with Crippen molar-refractivity contribution in [3.05, 3.63) is 52.7 Å². The van der Waals surface area contributed by atoms with E-state index in [-0.39, 0.29) is 28.4 Å². The molecule has 0 spiro atoms. The predicted octanol–water partition coefficient (Wildman–Crippen LogP) is 2.81. The molecule has 1 aromatic carbocycles. The van der Waals surface area contributed by atoms with Crippen molar-refractivity contribution < 1.29 is 22.3 Å². The number of likely N-dealkylation sites (tertiary alicyclic amines) is 1. The van der Waals surface area contributed by atoms with Gasteiger partial charge in [0.2, 0.25) is 5.91 Å². The molecule has 2 aliphatic rings. The number of carbonyl (C=O) groups is 1. The van der Waals surface area contributed by atoms with E-state index in [1.807, 2.05) is 4.90 Å². The Morgan fingerprint density at radius 1 is 1.10 bits per heavy atom. The second kappa shape index (κ2) is 8.51. The molecular weight excluding hydrogens is 415 g/mol. The van der Waals surface area contributed by atoms with Crippen LogP contribution in [0.1, 0.15) is 29.3 Å². The summed E-state index contributed by atoms with van der Waals surface area (Å²) in [4.78, 5) is 15.5. The predicted molar refractivity (Wildman–Crippen MR) is 108 cm³/mol. The zero-order valence-electron chi connectivity index (χ0n) is 15.9. The van der Waals surface area contributed by atoms with Gasteiger partial charge in [0.15, 0.2) is 0 Å². The maximum Gasteiger partial charge on any atom is 0.252 e. The first-order valence-corrected chi connectivity index (χ1v) is 11.9. The summed E-state index contributed by atoms with van der Waals surface area (Å²) in [5.41, 5.74) is 0.930. The molecule has 6 nitrogen and oxygen atoms in total. The molecule has 1 amide bonds. The number of halogens is 1. The lowest BCUT2D eigenvalue weighted by Crippen LogP contribution is -2.40. The topological polar surface area (TPSA) is 66.9 Å². The molecule has 1 aromatic heterocycles. The third-order valence-corrected chi connectivity index (χ3v) is 8.81. The molecule has 9 heteroatoms. The van der Waals surface area contributed by atoms with Gasteiger partial charge in [-0.1, -0.05) is 12.1 Å². The Morgan fingerprint density at radius 2 is 1.83 bits per heavy atom. The standard InChI is InChI=1S/C20H23FN2O4S2/c21-16-5-3-15(4-6-16)18-2-1-9-23(18)19(24)14-17-7-8-20(28-17)29(25,26)22-10-12-27-13-11-22/h3-8,18H,1-2,9-14H2/t18-/m0/s1. The third-order valence-electron chi connectivity index (χ3n) is 5.35. The number of hydrogen-bond donors (Lipinski definition) is 0. The zero-order chi connectivity index (χ0) is 20.4. The maximum atomic E-state index is 13.2. The van der Waals surface area contributed by atoms with Crippen LogP contribution < -0.4 is 0 Å². The van der Waals surface area contributed by atoms with Gasteiger partial charge in [-0.3, -0.25) is 4.79 Å².